The summed E-state index contributed by atoms with van der Waals surface area (Å²) in [6.45, 7) is 8.57. The molecule has 3 heterocycles. The van der Waals surface area contributed by atoms with Crippen molar-refractivity contribution in [1.29, 1.82) is 0 Å². The molecular weight excluding hydrogens is 442 g/mol. The molecule has 0 radical (unpaired) electrons. The summed E-state index contributed by atoms with van der Waals surface area (Å²) in [6.07, 6.45) is 0. The highest BCUT2D eigenvalue weighted by molar-refractivity contribution is 7.99. The fourth-order valence-corrected chi connectivity index (χ4v) is 4.40. The number of nitro benzene ring substituents is 1. The van der Waals surface area contributed by atoms with Crippen molar-refractivity contribution in [2.75, 3.05) is 71.4 Å². The predicted molar refractivity (Wildman–Crippen MR) is 127 cm³/mol. The van der Waals surface area contributed by atoms with Crippen LogP contribution in [0.15, 0.2) is 23.4 Å². The van der Waals surface area contributed by atoms with Gasteiger partial charge in [0.1, 0.15) is 0 Å². The maximum absolute atomic E-state index is 11.2. The SMILES string of the molecule is O=[N+]([O-])c1ccc2c(c1)nc(SCC#CCN1CCOCC1)n2CC#CCN1CCOCC1. The van der Waals surface area contributed by atoms with E-state index in [1.807, 2.05) is 4.57 Å². The Morgan fingerprint density at radius 1 is 0.939 bits per heavy atom. The number of morpholine rings is 2. The lowest BCUT2D eigenvalue weighted by molar-refractivity contribution is -0.384. The number of benzene rings is 1. The third-order valence-electron chi connectivity index (χ3n) is 5.48. The Bertz CT molecular complexity index is 1090. The quantitative estimate of drug-likeness (QED) is 0.274. The van der Waals surface area contributed by atoms with E-state index in [0.717, 1.165) is 69.8 Å². The third-order valence-corrected chi connectivity index (χ3v) is 6.34. The van der Waals surface area contributed by atoms with Crippen LogP contribution in [0.4, 0.5) is 5.69 Å². The van der Waals surface area contributed by atoms with Gasteiger partial charge in [0.25, 0.3) is 5.69 Å². The monoisotopic (exact) mass is 469 g/mol. The normalized spacial score (nSPS) is 17.2. The van der Waals surface area contributed by atoms with E-state index in [0.29, 0.717) is 24.4 Å². The molecule has 4 rings (SSSR count). The van der Waals surface area contributed by atoms with E-state index in [1.165, 1.54) is 23.9 Å². The van der Waals surface area contributed by atoms with Crippen molar-refractivity contribution in [2.24, 2.45) is 0 Å². The predicted octanol–water partition coefficient (Wildman–Crippen LogP) is 1.71. The van der Waals surface area contributed by atoms with Crippen LogP contribution in [-0.4, -0.2) is 95.7 Å². The van der Waals surface area contributed by atoms with Crippen LogP contribution in [0.25, 0.3) is 11.0 Å². The first-order valence-electron chi connectivity index (χ1n) is 11.0. The number of ether oxygens (including phenoxy) is 2. The largest absolute Gasteiger partial charge is 0.379 e. The van der Waals surface area contributed by atoms with E-state index >= 15 is 0 Å². The van der Waals surface area contributed by atoms with Gasteiger partial charge in [0, 0.05) is 38.3 Å². The summed E-state index contributed by atoms with van der Waals surface area (Å²) in [7, 11) is 0. The van der Waals surface area contributed by atoms with Crippen LogP contribution < -0.4 is 0 Å². The molecule has 1 aromatic heterocycles. The number of nitrogens with zero attached hydrogens (tertiary/aromatic N) is 5. The Kier molecular flexibility index (Phi) is 8.59. The Hall–Kier alpha value is -2.60. The van der Waals surface area contributed by atoms with Crippen LogP contribution in [-0.2, 0) is 16.0 Å². The highest BCUT2D eigenvalue weighted by Gasteiger charge is 2.15. The van der Waals surface area contributed by atoms with Gasteiger partial charge in [-0.2, -0.15) is 0 Å². The molecule has 10 heteroatoms. The molecule has 1 aromatic carbocycles. The lowest BCUT2D eigenvalue weighted by Crippen LogP contribution is -2.36. The van der Waals surface area contributed by atoms with Crippen molar-refractivity contribution >= 4 is 28.5 Å². The number of thioether (sulfide) groups is 1. The van der Waals surface area contributed by atoms with Crippen molar-refractivity contribution in [3.05, 3.63) is 28.3 Å². The highest BCUT2D eigenvalue weighted by atomic mass is 32.2. The number of fused-ring (bicyclic) bond motifs is 1. The number of hydrogen-bond acceptors (Lipinski definition) is 8. The lowest BCUT2D eigenvalue weighted by atomic mass is 10.3. The van der Waals surface area contributed by atoms with Crippen molar-refractivity contribution in [3.8, 4) is 23.7 Å². The first-order valence-corrected chi connectivity index (χ1v) is 12.0. The Morgan fingerprint density at radius 3 is 2.18 bits per heavy atom. The average molecular weight is 470 g/mol. The van der Waals surface area contributed by atoms with Crippen LogP contribution >= 0.6 is 11.8 Å². The average Bonchev–Trinajstić information content (AvgIpc) is 3.19. The summed E-state index contributed by atoms with van der Waals surface area (Å²) in [6, 6.07) is 4.78. The van der Waals surface area contributed by atoms with E-state index in [9.17, 15) is 10.1 Å². The Balaban J connectivity index is 1.43. The number of non-ortho nitro benzene ring substituents is 1. The first-order chi connectivity index (χ1) is 16.2. The van der Waals surface area contributed by atoms with Gasteiger partial charge in [-0.3, -0.25) is 19.9 Å². The van der Waals surface area contributed by atoms with E-state index in [-0.39, 0.29) is 5.69 Å². The zero-order valence-electron chi connectivity index (χ0n) is 18.5. The van der Waals surface area contributed by atoms with Gasteiger partial charge in [-0.25, -0.2) is 4.98 Å². The van der Waals surface area contributed by atoms with Crippen molar-refractivity contribution in [1.82, 2.24) is 19.4 Å². The van der Waals surface area contributed by atoms with Crippen LogP contribution in [0, 0.1) is 33.8 Å². The van der Waals surface area contributed by atoms with E-state index in [4.69, 9.17) is 9.47 Å². The molecule has 2 saturated heterocycles. The van der Waals surface area contributed by atoms with Gasteiger partial charge < -0.3 is 14.0 Å². The Labute approximate surface area is 197 Å². The zero-order chi connectivity index (χ0) is 22.9. The fraction of sp³-hybridized carbons (Fsp3) is 0.522. The summed E-state index contributed by atoms with van der Waals surface area (Å²) in [5, 5.41) is 11.9. The molecule has 9 nitrogen and oxygen atoms in total. The molecule has 0 N–H and O–H groups in total. The highest BCUT2D eigenvalue weighted by Crippen LogP contribution is 2.26. The van der Waals surface area contributed by atoms with Crippen LogP contribution in [0.1, 0.15) is 0 Å². The molecule has 0 amide bonds. The van der Waals surface area contributed by atoms with Crippen LogP contribution in [0.3, 0.4) is 0 Å². The topological polar surface area (TPSA) is 85.9 Å². The molecule has 0 bridgehead atoms. The molecule has 0 atom stereocenters. The maximum atomic E-state index is 11.2. The maximum Gasteiger partial charge on any atom is 0.271 e. The molecule has 0 aliphatic carbocycles. The van der Waals surface area contributed by atoms with Crippen molar-refractivity contribution in [2.45, 2.75) is 11.7 Å². The van der Waals surface area contributed by atoms with Crippen LogP contribution in [0.5, 0.6) is 0 Å². The second kappa shape index (κ2) is 12.0. The van der Waals surface area contributed by atoms with E-state index in [2.05, 4.69) is 38.5 Å². The standard InChI is InChI=1S/C23H27N5O4S/c29-28(30)20-5-6-22-21(19-20)24-23(33-18-4-3-8-26-12-16-32-17-13-26)27(22)9-2-1-7-25-10-14-31-15-11-25/h5-6,19H,7-18H2. The summed E-state index contributed by atoms with van der Waals surface area (Å²) in [5.41, 5.74) is 1.47. The molecule has 0 unspecified atom stereocenters. The van der Waals surface area contributed by atoms with Gasteiger partial charge in [-0.1, -0.05) is 35.4 Å². The first kappa shape index (κ1) is 23.6. The zero-order valence-corrected chi connectivity index (χ0v) is 19.3. The van der Waals surface area contributed by atoms with E-state index in [1.54, 1.807) is 6.07 Å². The molecular formula is C23H27N5O4S. The summed E-state index contributed by atoms with van der Waals surface area (Å²) < 4.78 is 12.7. The molecule has 2 aromatic rings. The summed E-state index contributed by atoms with van der Waals surface area (Å²) in [5.74, 6) is 13.5. The molecule has 2 aliphatic rings. The van der Waals surface area contributed by atoms with Gasteiger partial charge in [-0.15, -0.1) is 0 Å². The number of imidazole rings is 1. The molecule has 0 spiro atoms. The van der Waals surface area contributed by atoms with E-state index < -0.39 is 4.92 Å². The Morgan fingerprint density at radius 2 is 1.55 bits per heavy atom. The molecule has 0 saturated carbocycles. The molecule has 2 aliphatic heterocycles. The summed E-state index contributed by atoms with van der Waals surface area (Å²) in [4.78, 5) is 20.0. The minimum atomic E-state index is -0.398. The summed E-state index contributed by atoms with van der Waals surface area (Å²) >= 11 is 1.53. The molecule has 33 heavy (non-hydrogen) atoms. The second-order valence-corrected chi connectivity index (χ2v) is 8.63. The number of nitro groups is 1. The van der Waals surface area contributed by atoms with Gasteiger partial charge in [-0.05, 0) is 6.07 Å². The van der Waals surface area contributed by atoms with Crippen molar-refractivity contribution in [3.63, 3.8) is 0 Å². The van der Waals surface area contributed by atoms with Crippen molar-refractivity contribution < 1.29 is 14.4 Å². The minimum absolute atomic E-state index is 0.0346. The van der Waals surface area contributed by atoms with Gasteiger partial charge in [0.15, 0.2) is 5.16 Å². The number of rotatable bonds is 6. The molecule has 174 valence electrons. The smallest absolute Gasteiger partial charge is 0.271 e. The van der Waals surface area contributed by atoms with Gasteiger partial charge in [0.2, 0.25) is 0 Å². The minimum Gasteiger partial charge on any atom is -0.379 e. The number of aromatic nitrogens is 2. The molecule has 2 fully saturated rings. The van der Waals surface area contributed by atoms with Crippen LogP contribution in [0.2, 0.25) is 0 Å². The third kappa shape index (κ3) is 6.70. The number of hydrogen-bond donors (Lipinski definition) is 0. The lowest BCUT2D eigenvalue weighted by Gasteiger charge is -2.24. The fourth-order valence-electron chi connectivity index (χ4n) is 3.61. The van der Waals surface area contributed by atoms with Gasteiger partial charge >= 0.3 is 0 Å². The van der Waals surface area contributed by atoms with Gasteiger partial charge in [0.05, 0.1) is 67.8 Å². The second-order valence-electron chi connectivity index (χ2n) is 7.68.